The molecule has 2 heterocycles. The van der Waals surface area contributed by atoms with Crippen LogP contribution in [0.1, 0.15) is 25.1 Å². The molecule has 158 valence electrons. The minimum Gasteiger partial charge on any atom is -0.497 e. The van der Waals surface area contributed by atoms with E-state index in [0.717, 1.165) is 11.3 Å². The Hall–Kier alpha value is -4.14. The Morgan fingerprint density at radius 3 is 2.55 bits per heavy atom. The summed E-state index contributed by atoms with van der Waals surface area (Å²) in [4.78, 5) is 12.9. The average Bonchev–Trinajstić information content (AvgIpc) is 3.45. The maximum Gasteiger partial charge on any atom is 0.300 e. The molecule has 4 aromatic rings. The van der Waals surface area contributed by atoms with Gasteiger partial charge in [0.15, 0.2) is 5.52 Å². The summed E-state index contributed by atoms with van der Waals surface area (Å²) in [5.74, 6) is 1.41. The quantitative estimate of drug-likeness (QED) is 0.207. The van der Waals surface area contributed by atoms with Crippen LogP contribution in [0, 0.1) is 10.1 Å². The number of nitrogens with zero attached hydrogens (tertiary/aromatic N) is 4. The summed E-state index contributed by atoms with van der Waals surface area (Å²) in [6.07, 6.45) is 2.18. The Morgan fingerprint density at radius 1 is 1.19 bits per heavy atom. The van der Waals surface area contributed by atoms with Gasteiger partial charge in [0.1, 0.15) is 11.5 Å². The molecule has 9 nitrogen and oxygen atoms in total. The molecule has 31 heavy (non-hydrogen) atoms. The smallest absolute Gasteiger partial charge is 0.300 e. The van der Waals surface area contributed by atoms with E-state index in [1.54, 1.807) is 19.4 Å². The lowest BCUT2D eigenvalue weighted by Crippen LogP contribution is -2.24. The molecule has 2 aromatic carbocycles. The van der Waals surface area contributed by atoms with Gasteiger partial charge in [-0.05, 0) is 66.1 Å². The van der Waals surface area contributed by atoms with Crippen LogP contribution in [0.25, 0.3) is 11.0 Å². The predicted octanol–water partition coefficient (Wildman–Crippen LogP) is 5.58. The minimum absolute atomic E-state index is 0.0783. The first-order chi connectivity index (χ1) is 15.0. The van der Waals surface area contributed by atoms with Crippen LogP contribution < -0.4 is 9.64 Å². The fraction of sp³-hybridized carbons (Fsp3) is 0.182. The Kier molecular flexibility index (Phi) is 5.40. The number of rotatable bonds is 8. The van der Waals surface area contributed by atoms with E-state index in [-0.39, 0.29) is 22.8 Å². The standard InChI is InChI=1S/C22H20N4O5/c1-14(2)13-19(20-5-4-12-30-20)25(15-6-8-16(29-3)9-7-15)17-10-11-18(26(27)28)22-21(17)23-31-24-22/h4-12,19H,1,13H2,2-3H3. The minimum atomic E-state index is -0.508. The van der Waals surface area contributed by atoms with Gasteiger partial charge in [0, 0.05) is 11.8 Å². The molecule has 0 amide bonds. The summed E-state index contributed by atoms with van der Waals surface area (Å²) in [6.45, 7) is 6.00. The van der Waals surface area contributed by atoms with Crippen molar-refractivity contribution in [2.45, 2.75) is 19.4 Å². The van der Waals surface area contributed by atoms with Gasteiger partial charge >= 0.3 is 5.69 Å². The van der Waals surface area contributed by atoms with Crippen molar-refractivity contribution >= 4 is 28.1 Å². The van der Waals surface area contributed by atoms with Crippen LogP contribution in [0.3, 0.4) is 0 Å². The number of anilines is 2. The van der Waals surface area contributed by atoms with Crippen LogP contribution in [0.2, 0.25) is 0 Å². The molecular formula is C22H20N4O5. The topological polar surface area (TPSA) is 108 Å². The Balaban J connectivity index is 1.95. The number of furan rings is 1. The monoisotopic (exact) mass is 420 g/mol. The molecule has 0 radical (unpaired) electrons. The van der Waals surface area contributed by atoms with Gasteiger partial charge < -0.3 is 14.1 Å². The first-order valence-electron chi connectivity index (χ1n) is 9.50. The van der Waals surface area contributed by atoms with Crippen molar-refractivity contribution < 1.29 is 18.7 Å². The molecule has 0 spiro atoms. The number of non-ortho nitro benzene ring substituents is 1. The normalized spacial score (nSPS) is 11.9. The second-order valence-electron chi connectivity index (χ2n) is 7.08. The van der Waals surface area contributed by atoms with Crippen molar-refractivity contribution in [3.63, 3.8) is 0 Å². The zero-order valence-electron chi connectivity index (χ0n) is 17.0. The fourth-order valence-electron chi connectivity index (χ4n) is 3.54. The summed E-state index contributed by atoms with van der Waals surface area (Å²) in [5.41, 5.74) is 2.52. The molecule has 0 aliphatic rings. The van der Waals surface area contributed by atoms with E-state index in [9.17, 15) is 10.1 Å². The molecule has 0 fully saturated rings. The van der Waals surface area contributed by atoms with Gasteiger partial charge in [-0.2, -0.15) is 0 Å². The molecular weight excluding hydrogens is 400 g/mol. The Labute approximate surface area is 177 Å². The molecule has 0 aliphatic carbocycles. The number of methoxy groups -OCH3 is 1. The van der Waals surface area contributed by atoms with E-state index in [1.807, 2.05) is 48.2 Å². The number of hydrogen-bond acceptors (Lipinski definition) is 8. The number of nitro groups is 1. The van der Waals surface area contributed by atoms with Crippen molar-refractivity contribution in [3.05, 3.63) is 82.8 Å². The van der Waals surface area contributed by atoms with Crippen LogP contribution in [0.4, 0.5) is 17.1 Å². The SMILES string of the molecule is C=C(C)CC(c1ccco1)N(c1ccc(OC)cc1)c1ccc([N+](=O)[O-])c2nonc12. The zero-order chi connectivity index (χ0) is 22.0. The average molecular weight is 420 g/mol. The fourth-order valence-corrected chi connectivity index (χ4v) is 3.54. The van der Waals surface area contributed by atoms with Gasteiger partial charge in [-0.3, -0.25) is 10.1 Å². The Morgan fingerprint density at radius 2 is 1.94 bits per heavy atom. The molecule has 1 atom stereocenters. The molecule has 0 saturated carbocycles. The third-order valence-corrected chi connectivity index (χ3v) is 4.90. The van der Waals surface area contributed by atoms with Gasteiger partial charge in [0.2, 0.25) is 5.52 Å². The number of fused-ring (bicyclic) bond motifs is 1. The van der Waals surface area contributed by atoms with Gasteiger partial charge in [-0.1, -0.05) is 5.57 Å². The predicted molar refractivity (Wildman–Crippen MR) is 114 cm³/mol. The molecule has 4 rings (SSSR count). The van der Waals surface area contributed by atoms with Crippen molar-refractivity contribution in [3.8, 4) is 5.75 Å². The zero-order valence-corrected chi connectivity index (χ0v) is 17.0. The van der Waals surface area contributed by atoms with Crippen LogP contribution in [-0.2, 0) is 0 Å². The van der Waals surface area contributed by atoms with Crippen molar-refractivity contribution in [2.24, 2.45) is 0 Å². The van der Waals surface area contributed by atoms with Crippen molar-refractivity contribution in [2.75, 3.05) is 12.0 Å². The van der Waals surface area contributed by atoms with E-state index >= 15 is 0 Å². The van der Waals surface area contributed by atoms with Gasteiger partial charge in [0.05, 0.1) is 30.0 Å². The number of aromatic nitrogens is 2. The summed E-state index contributed by atoms with van der Waals surface area (Å²) >= 11 is 0. The number of ether oxygens (including phenoxy) is 1. The molecule has 1 unspecified atom stereocenters. The van der Waals surface area contributed by atoms with Gasteiger partial charge in [0.25, 0.3) is 0 Å². The van der Waals surface area contributed by atoms with Crippen molar-refractivity contribution in [1.82, 2.24) is 10.3 Å². The third kappa shape index (κ3) is 3.85. The largest absolute Gasteiger partial charge is 0.497 e. The number of benzene rings is 2. The highest BCUT2D eigenvalue weighted by Gasteiger charge is 2.30. The number of hydrogen-bond donors (Lipinski definition) is 0. The summed E-state index contributed by atoms with van der Waals surface area (Å²) < 4.78 is 15.9. The highest BCUT2D eigenvalue weighted by molar-refractivity contribution is 5.95. The lowest BCUT2D eigenvalue weighted by molar-refractivity contribution is -0.383. The molecule has 0 aliphatic heterocycles. The summed E-state index contributed by atoms with van der Waals surface area (Å²) in [5, 5.41) is 19.2. The maximum atomic E-state index is 11.4. The van der Waals surface area contributed by atoms with E-state index in [4.69, 9.17) is 13.8 Å². The maximum absolute atomic E-state index is 11.4. The van der Waals surface area contributed by atoms with Crippen LogP contribution in [0.15, 0.2) is 76.0 Å². The second kappa shape index (κ2) is 8.31. The van der Waals surface area contributed by atoms with Crippen molar-refractivity contribution in [1.29, 1.82) is 0 Å². The highest BCUT2D eigenvalue weighted by Crippen LogP contribution is 2.43. The lowest BCUT2D eigenvalue weighted by Gasteiger charge is -2.33. The van der Waals surface area contributed by atoms with Gasteiger partial charge in [-0.25, -0.2) is 4.63 Å². The summed E-state index contributed by atoms with van der Waals surface area (Å²) in [7, 11) is 1.60. The summed E-state index contributed by atoms with van der Waals surface area (Å²) in [6, 6.07) is 13.9. The van der Waals surface area contributed by atoms with Crippen LogP contribution >= 0.6 is 0 Å². The highest BCUT2D eigenvalue weighted by atomic mass is 16.6. The van der Waals surface area contributed by atoms with Crippen LogP contribution in [-0.4, -0.2) is 22.3 Å². The molecule has 0 N–H and O–H groups in total. The first kappa shape index (κ1) is 20.1. The lowest BCUT2D eigenvalue weighted by atomic mass is 10.0. The van der Waals surface area contributed by atoms with E-state index in [1.165, 1.54) is 6.07 Å². The molecule has 2 aromatic heterocycles. The van der Waals surface area contributed by atoms with E-state index in [0.29, 0.717) is 23.6 Å². The second-order valence-corrected chi connectivity index (χ2v) is 7.08. The molecule has 0 bridgehead atoms. The van der Waals surface area contributed by atoms with E-state index < -0.39 is 4.92 Å². The third-order valence-electron chi connectivity index (χ3n) is 4.90. The molecule has 9 heteroatoms. The van der Waals surface area contributed by atoms with Gasteiger partial charge in [-0.15, -0.1) is 6.58 Å². The van der Waals surface area contributed by atoms with Crippen LogP contribution in [0.5, 0.6) is 5.75 Å². The van der Waals surface area contributed by atoms with E-state index in [2.05, 4.69) is 16.9 Å². The Bertz CT molecular complexity index is 1210. The molecule has 0 saturated heterocycles. The number of nitro benzene ring substituents is 1. The first-order valence-corrected chi connectivity index (χ1v) is 9.50.